The number of hydrogen-bond acceptors (Lipinski definition) is 8. The fourth-order valence-electron chi connectivity index (χ4n) is 5.15. The van der Waals surface area contributed by atoms with E-state index in [4.69, 9.17) is 21.3 Å². The number of nitrogens with zero attached hydrogens (tertiary/aromatic N) is 5. The number of carbonyl (C=O) groups excluding carboxylic acids is 1. The number of thiophene rings is 1. The van der Waals surface area contributed by atoms with Gasteiger partial charge >= 0.3 is 0 Å². The molecule has 1 amide bonds. The number of rotatable bonds is 6. The maximum Gasteiger partial charge on any atom is 0.256 e. The number of nitrogens with one attached hydrogen (secondary N) is 1. The van der Waals surface area contributed by atoms with Crippen LogP contribution in [0.15, 0.2) is 42.7 Å². The molecule has 0 radical (unpaired) electrons. The van der Waals surface area contributed by atoms with Crippen molar-refractivity contribution in [2.75, 3.05) is 25.1 Å². The van der Waals surface area contributed by atoms with Crippen molar-refractivity contribution in [3.8, 4) is 10.6 Å². The summed E-state index contributed by atoms with van der Waals surface area (Å²) in [7, 11) is 1.84. The van der Waals surface area contributed by atoms with Gasteiger partial charge in [-0.2, -0.15) is 5.10 Å². The molecule has 3 aromatic heterocycles. The average molecular weight is 537 g/mol. The van der Waals surface area contributed by atoms with Gasteiger partial charge in [-0.05, 0) is 42.7 Å². The summed E-state index contributed by atoms with van der Waals surface area (Å²) in [6, 6.07) is 8.61. The van der Waals surface area contributed by atoms with Gasteiger partial charge in [0.25, 0.3) is 5.91 Å². The summed E-state index contributed by atoms with van der Waals surface area (Å²) < 4.78 is 7.39. The van der Waals surface area contributed by atoms with Crippen molar-refractivity contribution in [3.63, 3.8) is 0 Å². The SMILES string of the molecule is Cc1cnc(Nc2ccnn2C)nc1-c1sc2c(c1C)C(=O)N(C(CO)c1cccc(Cl)c1)C21COC1. The monoisotopic (exact) mass is 536 g/mol. The molecular formula is C26H25ClN6O3S. The molecule has 1 unspecified atom stereocenters. The molecular weight excluding hydrogens is 512 g/mol. The van der Waals surface area contributed by atoms with Crippen LogP contribution < -0.4 is 5.32 Å². The lowest BCUT2D eigenvalue weighted by atomic mass is 9.92. The second kappa shape index (κ2) is 8.91. The number of amides is 1. The van der Waals surface area contributed by atoms with Gasteiger partial charge in [-0.1, -0.05) is 23.7 Å². The summed E-state index contributed by atoms with van der Waals surface area (Å²) in [5.41, 5.74) is 3.39. The number of aryl methyl sites for hydroxylation is 2. The molecule has 0 saturated carbocycles. The van der Waals surface area contributed by atoms with E-state index in [1.807, 2.05) is 39.1 Å². The number of aliphatic hydroxyl groups is 1. The predicted molar refractivity (Wildman–Crippen MR) is 141 cm³/mol. The highest BCUT2D eigenvalue weighted by Gasteiger charge is 2.59. The van der Waals surface area contributed by atoms with Crippen LogP contribution in [0.4, 0.5) is 11.8 Å². The highest BCUT2D eigenvalue weighted by molar-refractivity contribution is 7.16. The standard InChI is InChI=1S/C26H25ClN6O3S/c1-14-10-28-25(30-19-7-8-29-32(19)3)31-21(14)22-15(2)20-23(37-22)26(12-36-13-26)33(24(20)35)18(11-34)16-5-4-6-17(27)9-16/h4-10,18,34H,11-13H2,1-3H3,(H,28,30,31). The molecule has 4 aromatic rings. The zero-order chi connectivity index (χ0) is 25.9. The molecule has 0 bridgehead atoms. The van der Waals surface area contributed by atoms with E-state index in [9.17, 15) is 9.90 Å². The summed E-state index contributed by atoms with van der Waals surface area (Å²) in [6.07, 6.45) is 3.48. The van der Waals surface area contributed by atoms with Crippen molar-refractivity contribution in [3.05, 3.63) is 74.9 Å². The van der Waals surface area contributed by atoms with Crippen LogP contribution in [0, 0.1) is 13.8 Å². The minimum Gasteiger partial charge on any atom is -0.394 e. The first-order valence-electron chi connectivity index (χ1n) is 11.8. The van der Waals surface area contributed by atoms with E-state index in [1.165, 1.54) is 0 Å². The molecule has 1 fully saturated rings. The maximum absolute atomic E-state index is 14.0. The van der Waals surface area contributed by atoms with Gasteiger partial charge in [0.1, 0.15) is 11.4 Å². The Bertz CT molecular complexity index is 1530. The molecule has 1 atom stereocenters. The summed E-state index contributed by atoms with van der Waals surface area (Å²) >= 11 is 7.81. The number of halogens is 1. The van der Waals surface area contributed by atoms with E-state index < -0.39 is 11.6 Å². The van der Waals surface area contributed by atoms with Crippen molar-refractivity contribution >= 4 is 40.6 Å². The molecule has 37 heavy (non-hydrogen) atoms. The quantitative estimate of drug-likeness (QED) is 0.377. The Morgan fingerprint density at radius 1 is 1.30 bits per heavy atom. The molecule has 2 N–H and O–H groups in total. The average Bonchev–Trinajstić information content (AvgIpc) is 3.49. The van der Waals surface area contributed by atoms with Crippen LogP contribution in [0.5, 0.6) is 0 Å². The van der Waals surface area contributed by atoms with Crippen molar-refractivity contribution in [1.29, 1.82) is 0 Å². The van der Waals surface area contributed by atoms with Crippen LogP contribution in [-0.4, -0.2) is 55.5 Å². The largest absolute Gasteiger partial charge is 0.394 e. The Labute approximate surface area is 222 Å². The first-order valence-corrected chi connectivity index (χ1v) is 13.0. The van der Waals surface area contributed by atoms with Crippen LogP contribution >= 0.6 is 22.9 Å². The lowest BCUT2D eigenvalue weighted by molar-refractivity contribution is -0.139. The first-order chi connectivity index (χ1) is 17.8. The number of anilines is 2. The smallest absolute Gasteiger partial charge is 0.256 e. The Kier molecular flexibility index (Phi) is 5.79. The van der Waals surface area contributed by atoms with Crippen LogP contribution in [0.25, 0.3) is 10.6 Å². The molecule has 1 saturated heterocycles. The molecule has 5 heterocycles. The van der Waals surface area contributed by atoms with Gasteiger partial charge in [0.15, 0.2) is 0 Å². The fraction of sp³-hybridized carbons (Fsp3) is 0.308. The Balaban J connectivity index is 1.42. The lowest BCUT2D eigenvalue weighted by Crippen LogP contribution is -2.58. The summed E-state index contributed by atoms with van der Waals surface area (Å²) in [5.74, 6) is 1.11. The first kappa shape index (κ1) is 24.1. The number of ether oxygens (including phenoxy) is 1. The van der Waals surface area contributed by atoms with Crippen LogP contribution in [0.3, 0.4) is 0 Å². The molecule has 2 aliphatic rings. The number of aliphatic hydroxyl groups excluding tert-OH is 1. The van der Waals surface area contributed by atoms with Gasteiger partial charge in [-0.15, -0.1) is 11.3 Å². The van der Waals surface area contributed by atoms with Gasteiger partial charge < -0.3 is 20.1 Å². The second-order valence-corrected chi connectivity index (χ2v) is 10.9. The molecule has 0 aliphatic carbocycles. The van der Waals surface area contributed by atoms with Crippen LogP contribution in [0.1, 0.15) is 38.0 Å². The molecule has 1 aromatic carbocycles. The van der Waals surface area contributed by atoms with E-state index in [1.54, 1.807) is 45.4 Å². The van der Waals surface area contributed by atoms with Crippen molar-refractivity contribution in [2.45, 2.75) is 25.4 Å². The summed E-state index contributed by atoms with van der Waals surface area (Å²) in [5, 5.41) is 18.3. The van der Waals surface area contributed by atoms with E-state index >= 15 is 0 Å². The summed E-state index contributed by atoms with van der Waals surface area (Å²) in [4.78, 5) is 26.9. The predicted octanol–water partition coefficient (Wildman–Crippen LogP) is 4.37. The Hall–Kier alpha value is -3.31. The van der Waals surface area contributed by atoms with Gasteiger partial charge in [-0.3, -0.25) is 9.48 Å². The maximum atomic E-state index is 14.0. The zero-order valence-corrected chi connectivity index (χ0v) is 22.1. The van der Waals surface area contributed by atoms with E-state index in [0.29, 0.717) is 29.7 Å². The topological polar surface area (TPSA) is 105 Å². The fourth-order valence-corrected chi connectivity index (χ4v) is 6.86. The van der Waals surface area contributed by atoms with Gasteiger partial charge in [0.05, 0.1) is 48.2 Å². The van der Waals surface area contributed by atoms with Gasteiger partial charge in [0, 0.05) is 29.2 Å². The highest BCUT2D eigenvalue weighted by Crippen LogP contribution is 2.54. The number of benzene rings is 1. The Morgan fingerprint density at radius 3 is 2.76 bits per heavy atom. The van der Waals surface area contributed by atoms with E-state index in [-0.39, 0.29) is 12.5 Å². The summed E-state index contributed by atoms with van der Waals surface area (Å²) in [6.45, 7) is 4.45. The molecule has 6 rings (SSSR count). The van der Waals surface area contributed by atoms with Crippen LogP contribution in [-0.2, 0) is 17.3 Å². The molecule has 2 aliphatic heterocycles. The number of hydrogen-bond donors (Lipinski definition) is 2. The number of fused-ring (bicyclic) bond motifs is 2. The van der Waals surface area contributed by atoms with E-state index in [0.717, 1.165) is 38.0 Å². The molecule has 1 spiro atoms. The van der Waals surface area contributed by atoms with Crippen molar-refractivity contribution in [1.82, 2.24) is 24.6 Å². The minimum atomic E-state index is -0.632. The lowest BCUT2D eigenvalue weighted by Gasteiger charge is -2.48. The second-order valence-electron chi connectivity index (χ2n) is 9.40. The third-order valence-electron chi connectivity index (χ3n) is 7.11. The number of aromatic nitrogens is 4. The third-order valence-corrected chi connectivity index (χ3v) is 8.84. The third kappa shape index (κ3) is 3.66. The van der Waals surface area contributed by atoms with Gasteiger partial charge in [0.2, 0.25) is 5.95 Å². The number of carbonyl (C=O) groups is 1. The van der Waals surface area contributed by atoms with Gasteiger partial charge in [-0.25, -0.2) is 9.97 Å². The minimum absolute atomic E-state index is 0.114. The van der Waals surface area contributed by atoms with Crippen LogP contribution in [0.2, 0.25) is 5.02 Å². The normalized spacial score (nSPS) is 16.7. The highest BCUT2D eigenvalue weighted by atomic mass is 35.5. The van der Waals surface area contributed by atoms with Crippen molar-refractivity contribution in [2.24, 2.45) is 7.05 Å². The molecule has 190 valence electrons. The zero-order valence-electron chi connectivity index (χ0n) is 20.5. The Morgan fingerprint density at radius 2 is 2.11 bits per heavy atom. The molecule has 11 heteroatoms. The van der Waals surface area contributed by atoms with E-state index in [2.05, 4.69) is 15.4 Å². The van der Waals surface area contributed by atoms with Crippen molar-refractivity contribution < 1.29 is 14.6 Å². The molecule has 9 nitrogen and oxygen atoms in total.